The van der Waals surface area contributed by atoms with Crippen molar-refractivity contribution >= 4 is 43.7 Å². The van der Waals surface area contributed by atoms with E-state index in [9.17, 15) is 0 Å². The maximum atomic E-state index is 5.61. The maximum absolute atomic E-state index is 5.61. The molecule has 6 aromatic rings. The summed E-state index contributed by atoms with van der Waals surface area (Å²) in [7, 11) is 3.26. The van der Waals surface area contributed by atoms with Crippen LogP contribution in [0.25, 0.3) is 55.1 Å². The van der Waals surface area contributed by atoms with E-state index in [0.717, 1.165) is 55.1 Å². The fraction of sp³-hybridized carbons (Fsp3) is 0.0833. The van der Waals surface area contributed by atoms with Crippen LogP contribution in [0.3, 0.4) is 0 Å². The van der Waals surface area contributed by atoms with E-state index in [2.05, 4.69) is 19.9 Å². The molecular weight excluding hydrogens is 390 g/mol. The highest BCUT2D eigenvalue weighted by molar-refractivity contribution is 6.21. The van der Waals surface area contributed by atoms with Gasteiger partial charge in [-0.2, -0.15) is 0 Å². The molecule has 0 radical (unpaired) electrons. The van der Waals surface area contributed by atoms with E-state index < -0.39 is 0 Å². The zero-order valence-corrected chi connectivity index (χ0v) is 16.9. The molecule has 7 heteroatoms. The van der Waals surface area contributed by atoms with Crippen LogP contribution in [0.5, 0.6) is 11.6 Å². The molecule has 0 amide bonds. The quantitative estimate of drug-likeness (QED) is 0.420. The van der Waals surface area contributed by atoms with Crippen molar-refractivity contribution in [2.45, 2.75) is 0 Å². The number of H-pyrrole nitrogens is 1. The van der Waals surface area contributed by atoms with Crippen LogP contribution in [0.4, 0.5) is 0 Å². The first-order chi connectivity index (χ1) is 15.3. The van der Waals surface area contributed by atoms with Gasteiger partial charge in [0.25, 0.3) is 0 Å². The number of methoxy groups -OCH3 is 2. The van der Waals surface area contributed by atoms with Crippen LogP contribution in [-0.4, -0.2) is 39.1 Å². The Morgan fingerprint density at radius 1 is 0.774 bits per heavy atom. The summed E-state index contributed by atoms with van der Waals surface area (Å²) in [5, 5.41) is 2.85. The van der Waals surface area contributed by atoms with Crippen LogP contribution in [0.1, 0.15) is 0 Å². The van der Waals surface area contributed by atoms with Gasteiger partial charge in [0.15, 0.2) is 0 Å². The van der Waals surface area contributed by atoms with Gasteiger partial charge >= 0.3 is 0 Å². The van der Waals surface area contributed by atoms with Crippen molar-refractivity contribution in [2.75, 3.05) is 14.2 Å². The topological polar surface area (TPSA) is 85.8 Å². The summed E-state index contributed by atoms with van der Waals surface area (Å²) < 4.78 is 11.0. The van der Waals surface area contributed by atoms with Gasteiger partial charge in [-0.1, -0.05) is 0 Å². The minimum Gasteiger partial charge on any atom is -0.497 e. The highest BCUT2D eigenvalue weighted by atomic mass is 16.5. The van der Waals surface area contributed by atoms with Gasteiger partial charge in [-0.05, 0) is 48.5 Å². The molecule has 0 aliphatic carbocycles. The summed E-state index contributed by atoms with van der Waals surface area (Å²) in [6.07, 6.45) is 3.56. The van der Waals surface area contributed by atoms with E-state index in [1.807, 2.05) is 48.5 Å². The van der Waals surface area contributed by atoms with Crippen LogP contribution < -0.4 is 9.47 Å². The van der Waals surface area contributed by atoms with Crippen molar-refractivity contribution in [3.63, 3.8) is 0 Å². The second-order valence-electron chi connectivity index (χ2n) is 7.21. The molecule has 0 aliphatic rings. The van der Waals surface area contributed by atoms with Crippen LogP contribution in [0, 0.1) is 0 Å². The summed E-state index contributed by atoms with van der Waals surface area (Å²) in [5.74, 6) is 1.94. The minimum absolute atomic E-state index is 0.501. The number of aromatic amines is 1. The number of nitrogens with zero attached hydrogens (tertiary/aromatic N) is 4. The molecule has 1 N–H and O–H groups in total. The fourth-order valence-electron chi connectivity index (χ4n) is 4.06. The third-order valence-electron chi connectivity index (χ3n) is 5.50. The number of aromatic nitrogens is 5. The number of hydrogen-bond donors (Lipinski definition) is 1. The molecule has 0 bridgehead atoms. The number of benzene rings is 2. The summed E-state index contributed by atoms with van der Waals surface area (Å²) in [6.45, 7) is 0. The first-order valence-corrected chi connectivity index (χ1v) is 9.81. The molecule has 0 unspecified atom stereocenters. The van der Waals surface area contributed by atoms with Crippen molar-refractivity contribution in [1.29, 1.82) is 0 Å². The first kappa shape index (κ1) is 17.6. The monoisotopic (exact) mass is 407 g/mol. The molecule has 7 nitrogen and oxygen atoms in total. The summed E-state index contributed by atoms with van der Waals surface area (Å²) in [4.78, 5) is 22.2. The van der Waals surface area contributed by atoms with Gasteiger partial charge in [0.2, 0.25) is 5.88 Å². The van der Waals surface area contributed by atoms with Crippen molar-refractivity contribution in [3.8, 4) is 23.0 Å². The van der Waals surface area contributed by atoms with E-state index in [0.29, 0.717) is 11.7 Å². The standard InChI is InChI=1S/C24H17N5O2/c1-30-14-7-8-18-13(11-14)12-17(24(27-18)31-2)23-28-21-15-5-3-9-25-19(15)20-16(22(21)29-23)6-4-10-26-20/h3-12H,1-2H3,(H,28,29). The van der Waals surface area contributed by atoms with Crippen molar-refractivity contribution in [1.82, 2.24) is 24.9 Å². The molecule has 0 saturated heterocycles. The Morgan fingerprint density at radius 2 is 1.55 bits per heavy atom. The largest absolute Gasteiger partial charge is 0.497 e. The van der Waals surface area contributed by atoms with E-state index in [1.165, 1.54) is 0 Å². The highest BCUT2D eigenvalue weighted by Crippen LogP contribution is 2.36. The average Bonchev–Trinajstić information content (AvgIpc) is 3.29. The Hall–Kier alpha value is -4.26. The fourth-order valence-corrected chi connectivity index (χ4v) is 4.06. The number of rotatable bonds is 3. The maximum Gasteiger partial charge on any atom is 0.224 e. The molecule has 0 spiro atoms. The van der Waals surface area contributed by atoms with Gasteiger partial charge in [-0.15, -0.1) is 0 Å². The summed E-state index contributed by atoms with van der Waals surface area (Å²) in [6, 6.07) is 15.6. The molecule has 2 aromatic carbocycles. The van der Waals surface area contributed by atoms with E-state index in [-0.39, 0.29) is 0 Å². The second kappa shape index (κ2) is 6.63. The number of imidazole rings is 1. The van der Waals surface area contributed by atoms with Crippen LogP contribution in [-0.2, 0) is 0 Å². The number of pyridine rings is 3. The number of hydrogen-bond acceptors (Lipinski definition) is 6. The molecule has 6 rings (SSSR count). The average molecular weight is 407 g/mol. The summed E-state index contributed by atoms with van der Waals surface area (Å²) in [5.41, 5.74) is 5.01. The lowest BCUT2D eigenvalue weighted by atomic mass is 10.1. The Labute approximate surface area is 176 Å². The van der Waals surface area contributed by atoms with Crippen molar-refractivity contribution in [2.24, 2.45) is 0 Å². The van der Waals surface area contributed by atoms with Gasteiger partial charge < -0.3 is 14.5 Å². The molecule has 0 aliphatic heterocycles. The zero-order valence-electron chi connectivity index (χ0n) is 16.9. The smallest absolute Gasteiger partial charge is 0.224 e. The molecule has 31 heavy (non-hydrogen) atoms. The summed E-state index contributed by atoms with van der Waals surface area (Å²) >= 11 is 0. The SMILES string of the molecule is COc1ccc2nc(OC)c(-c3nc4c5cccnc5c5ncccc5c4[nH]3)cc2c1. The Morgan fingerprint density at radius 3 is 2.32 bits per heavy atom. The highest BCUT2D eigenvalue weighted by Gasteiger charge is 2.18. The van der Waals surface area contributed by atoms with Gasteiger partial charge in [0.1, 0.15) is 11.6 Å². The third kappa shape index (κ3) is 2.60. The Kier molecular flexibility index (Phi) is 3.76. The molecule has 0 saturated carbocycles. The normalized spacial score (nSPS) is 11.5. The van der Waals surface area contributed by atoms with Gasteiger partial charge in [-0.25, -0.2) is 9.97 Å². The molecule has 0 atom stereocenters. The van der Waals surface area contributed by atoms with Crippen LogP contribution in [0.15, 0.2) is 60.9 Å². The van der Waals surface area contributed by atoms with Crippen LogP contribution >= 0.6 is 0 Å². The lowest BCUT2D eigenvalue weighted by Crippen LogP contribution is -1.94. The lowest BCUT2D eigenvalue weighted by Gasteiger charge is -2.08. The predicted molar refractivity (Wildman–Crippen MR) is 121 cm³/mol. The Balaban J connectivity index is 1.70. The number of nitrogens with one attached hydrogen (secondary N) is 1. The predicted octanol–water partition coefficient (Wildman–Crippen LogP) is 4.89. The van der Waals surface area contributed by atoms with Gasteiger partial charge in [-0.3, -0.25) is 9.97 Å². The molecule has 150 valence electrons. The molecular formula is C24H17N5O2. The van der Waals surface area contributed by atoms with Crippen molar-refractivity contribution < 1.29 is 9.47 Å². The van der Waals surface area contributed by atoms with Gasteiger partial charge in [0.05, 0.1) is 47.4 Å². The van der Waals surface area contributed by atoms with Gasteiger partial charge in [0, 0.05) is 28.6 Å². The Bertz CT molecular complexity index is 1550. The van der Waals surface area contributed by atoms with E-state index >= 15 is 0 Å². The van der Waals surface area contributed by atoms with Crippen molar-refractivity contribution in [3.05, 3.63) is 60.9 Å². The molecule has 4 heterocycles. The molecule has 4 aromatic heterocycles. The zero-order chi connectivity index (χ0) is 20.9. The second-order valence-corrected chi connectivity index (χ2v) is 7.21. The van der Waals surface area contributed by atoms with E-state index in [4.69, 9.17) is 14.5 Å². The lowest BCUT2D eigenvalue weighted by molar-refractivity contribution is 0.401. The minimum atomic E-state index is 0.501. The first-order valence-electron chi connectivity index (χ1n) is 9.81. The van der Waals surface area contributed by atoms with E-state index in [1.54, 1.807) is 26.6 Å². The number of fused-ring (bicyclic) bond motifs is 7. The third-order valence-corrected chi connectivity index (χ3v) is 5.50. The number of ether oxygens (including phenoxy) is 2. The molecule has 0 fully saturated rings. The van der Waals surface area contributed by atoms with Crippen LogP contribution in [0.2, 0.25) is 0 Å².